The quantitative estimate of drug-likeness (QED) is 0.893. The number of piperazine rings is 1. The zero-order chi connectivity index (χ0) is 14.5. The van der Waals surface area contributed by atoms with Crippen molar-refractivity contribution in [1.82, 2.24) is 9.88 Å². The van der Waals surface area contributed by atoms with Crippen LogP contribution in [0.3, 0.4) is 0 Å². The molecule has 6 nitrogen and oxygen atoms in total. The molecular formula is C14H22N4O2. The van der Waals surface area contributed by atoms with Crippen molar-refractivity contribution in [1.29, 1.82) is 0 Å². The molecule has 2 N–H and O–H groups in total. The maximum absolute atomic E-state index is 11.3. The first-order valence-corrected chi connectivity index (χ1v) is 7.01. The number of carbonyl (C=O) groups excluding carboxylic acids is 1. The van der Waals surface area contributed by atoms with Gasteiger partial charge in [0, 0.05) is 33.1 Å². The number of amides is 1. The van der Waals surface area contributed by atoms with Gasteiger partial charge < -0.3 is 20.3 Å². The normalized spacial score (nSPS) is 15.3. The van der Waals surface area contributed by atoms with Crippen LogP contribution >= 0.6 is 0 Å². The summed E-state index contributed by atoms with van der Waals surface area (Å²) >= 11 is 0. The van der Waals surface area contributed by atoms with Crippen molar-refractivity contribution < 1.29 is 9.53 Å². The molecule has 2 heterocycles. The van der Waals surface area contributed by atoms with Crippen LogP contribution in [-0.4, -0.2) is 48.6 Å². The van der Waals surface area contributed by atoms with Crippen molar-refractivity contribution in [3.8, 4) is 5.88 Å². The summed E-state index contributed by atoms with van der Waals surface area (Å²) < 4.78 is 5.55. The molecule has 20 heavy (non-hydrogen) atoms. The number of pyridine rings is 1. The molecule has 0 aromatic carbocycles. The molecule has 110 valence electrons. The van der Waals surface area contributed by atoms with Crippen LogP contribution in [-0.2, 0) is 4.79 Å². The smallest absolute Gasteiger partial charge is 0.239 e. The van der Waals surface area contributed by atoms with Crippen molar-refractivity contribution >= 4 is 17.4 Å². The minimum absolute atomic E-state index is 0.127. The number of hydrogen-bond acceptors (Lipinski definition) is 5. The van der Waals surface area contributed by atoms with Crippen molar-refractivity contribution in [2.45, 2.75) is 20.3 Å². The van der Waals surface area contributed by atoms with Gasteiger partial charge in [-0.1, -0.05) is 6.92 Å². The van der Waals surface area contributed by atoms with Gasteiger partial charge in [0.05, 0.1) is 12.3 Å². The zero-order valence-corrected chi connectivity index (χ0v) is 12.1. The fraction of sp³-hybridized carbons (Fsp3) is 0.571. The lowest BCUT2D eigenvalue weighted by molar-refractivity contribution is -0.129. The summed E-state index contributed by atoms with van der Waals surface area (Å²) in [5.41, 5.74) is 6.42. The number of carbonyl (C=O) groups is 1. The van der Waals surface area contributed by atoms with Gasteiger partial charge in [0.2, 0.25) is 11.8 Å². The van der Waals surface area contributed by atoms with Gasteiger partial charge in [-0.05, 0) is 18.6 Å². The fourth-order valence-corrected chi connectivity index (χ4v) is 2.18. The Hall–Kier alpha value is -1.98. The number of nitrogens with zero attached hydrogens (tertiary/aromatic N) is 3. The molecule has 0 spiro atoms. The van der Waals surface area contributed by atoms with E-state index in [4.69, 9.17) is 10.5 Å². The summed E-state index contributed by atoms with van der Waals surface area (Å²) in [6, 6.07) is 3.72. The molecule has 0 radical (unpaired) electrons. The average Bonchev–Trinajstić information content (AvgIpc) is 2.46. The molecule has 1 fully saturated rings. The Labute approximate surface area is 119 Å². The molecule has 0 saturated carbocycles. The second-order valence-electron chi connectivity index (χ2n) is 4.91. The third-order valence-electron chi connectivity index (χ3n) is 3.37. The van der Waals surface area contributed by atoms with Gasteiger partial charge in [0.15, 0.2) is 0 Å². The highest BCUT2D eigenvalue weighted by Gasteiger charge is 2.20. The van der Waals surface area contributed by atoms with Crippen molar-refractivity contribution in [2.75, 3.05) is 43.4 Å². The molecule has 1 saturated heterocycles. The van der Waals surface area contributed by atoms with Crippen LogP contribution in [0.15, 0.2) is 12.1 Å². The van der Waals surface area contributed by atoms with E-state index in [1.807, 2.05) is 24.0 Å². The highest BCUT2D eigenvalue weighted by atomic mass is 16.5. The van der Waals surface area contributed by atoms with Crippen LogP contribution in [0.5, 0.6) is 5.88 Å². The van der Waals surface area contributed by atoms with E-state index in [0.717, 1.165) is 38.4 Å². The summed E-state index contributed by atoms with van der Waals surface area (Å²) in [7, 11) is 0. The summed E-state index contributed by atoms with van der Waals surface area (Å²) in [6.45, 7) is 7.28. The number of aromatic nitrogens is 1. The Morgan fingerprint density at radius 2 is 2.05 bits per heavy atom. The molecule has 1 aliphatic heterocycles. The number of anilines is 2. The molecule has 2 rings (SSSR count). The second-order valence-corrected chi connectivity index (χ2v) is 4.91. The Bertz CT molecular complexity index is 470. The summed E-state index contributed by atoms with van der Waals surface area (Å²) in [5, 5.41) is 0. The van der Waals surface area contributed by atoms with Crippen molar-refractivity contribution in [3.63, 3.8) is 0 Å². The van der Waals surface area contributed by atoms with E-state index in [-0.39, 0.29) is 5.91 Å². The molecule has 1 aromatic rings. The molecule has 0 aliphatic carbocycles. The number of nitrogens with two attached hydrogens (primary N) is 1. The molecule has 6 heteroatoms. The van der Waals surface area contributed by atoms with Crippen LogP contribution in [0.1, 0.15) is 20.3 Å². The van der Waals surface area contributed by atoms with Crippen molar-refractivity contribution in [3.05, 3.63) is 12.1 Å². The summed E-state index contributed by atoms with van der Waals surface area (Å²) in [5.74, 6) is 1.48. The SMILES string of the molecule is CCCOc1nc(N2CCN(C(C)=O)CC2)ccc1N. The highest BCUT2D eigenvalue weighted by Crippen LogP contribution is 2.24. The van der Waals surface area contributed by atoms with E-state index in [2.05, 4.69) is 9.88 Å². The lowest BCUT2D eigenvalue weighted by Gasteiger charge is -2.35. The minimum Gasteiger partial charge on any atom is -0.476 e. The monoisotopic (exact) mass is 278 g/mol. The van der Waals surface area contributed by atoms with Crippen molar-refractivity contribution in [2.24, 2.45) is 0 Å². The molecule has 1 amide bonds. The highest BCUT2D eigenvalue weighted by molar-refractivity contribution is 5.73. The Kier molecular flexibility index (Phi) is 4.65. The largest absolute Gasteiger partial charge is 0.476 e. The average molecular weight is 278 g/mol. The molecular weight excluding hydrogens is 256 g/mol. The predicted molar refractivity (Wildman–Crippen MR) is 78.9 cm³/mol. The van der Waals surface area contributed by atoms with E-state index in [0.29, 0.717) is 18.2 Å². The minimum atomic E-state index is 0.127. The maximum atomic E-state index is 11.3. The predicted octanol–water partition coefficient (Wildman–Crippen LogP) is 1.12. The number of hydrogen-bond donors (Lipinski definition) is 1. The number of nitrogen functional groups attached to an aromatic ring is 1. The van der Waals surface area contributed by atoms with Crippen LogP contribution < -0.4 is 15.4 Å². The number of rotatable bonds is 4. The topological polar surface area (TPSA) is 71.7 Å². The Morgan fingerprint density at radius 1 is 1.35 bits per heavy atom. The van der Waals surface area contributed by atoms with Crippen LogP contribution in [0.25, 0.3) is 0 Å². The van der Waals surface area contributed by atoms with E-state index < -0.39 is 0 Å². The van der Waals surface area contributed by atoms with Gasteiger partial charge in [0.25, 0.3) is 0 Å². The number of ether oxygens (including phenoxy) is 1. The van der Waals surface area contributed by atoms with E-state index in [1.165, 1.54) is 0 Å². The van der Waals surface area contributed by atoms with Crippen LogP contribution in [0.4, 0.5) is 11.5 Å². The molecule has 0 unspecified atom stereocenters. The standard InChI is InChI=1S/C14H22N4O2/c1-3-10-20-14-12(15)4-5-13(16-14)18-8-6-17(7-9-18)11(2)19/h4-5H,3,6-10,15H2,1-2H3. The first kappa shape index (κ1) is 14.4. The van der Waals surface area contributed by atoms with E-state index >= 15 is 0 Å². The molecule has 1 aliphatic rings. The fourth-order valence-electron chi connectivity index (χ4n) is 2.18. The lowest BCUT2D eigenvalue weighted by Crippen LogP contribution is -2.48. The summed E-state index contributed by atoms with van der Waals surface area (Å²) in [4.78, 5) is 19.8. The van der Waals surface area contributed by atoms with Gasteiger partial charge in [-0.2, -0.15) is 4.98 Å². The first-order chi connectivity index (χ1) is 9.61. The summed E-state index contributed by atoms with van der Waals surface area (Å²) in [6.07, 6.45) is 0.919. The van der Waals surface area contributed by atoms with Gasteiger partial charge in [-0.25, -0.2) is 0 Å². The zero-order valence-electron chi connectivity index (χ0n) is 12.1. The van der Waals surface area contributed by atoms with Crippen LogP contribution in [0.2, 0.25) is 0 Å². The third kappa shape index (κ3) is 3.31. The van der Waals surface area contributed by atoms with Gasteiger partial charge in [0.1, 0.15) is 5.82 Å². The second kappa shape index (κ2) is 6.45. The molecule has 0 atom stereocenters. The lowest BCUT2D eigenvalue weighted by atomic mass is 10.3. The third-order valence-corrected chi connectivity index (χ3v) is 3.37. The Morgan fingerprint density at radius 3 is 2.65 bits per heavy atom. The Balaban J connectivity index is 2.04. The van der Waals surface area contributed by atoms with Gasteiger partial charge in [-0.15, -0.1) is 0 Å². The van der Waals surface area contributed by atoms with Gasteiger partial charge >= 0.3 is 0 Å². The van der Waals surface area contributed by atoms with Crippen LogP contribution in [0, 0.1) is 0 Å². The maximum Gasteiger partial charge on any atom is 0.239 e. The molecule has 1 aromatic heterocycles. The molecule has 0 bridgehead atoms. The van der Waals surface area contributed by atoms with Gasteiger partial charge in [-0.3, -0.25) is 4.79 Å². The van der Waals surface area contributed by atoms with E-state index in [1.54, 1.807) is 6.92 Å². The first-order valence-electron chi connectivity index (χ1n) is 7.01. The van der Waals surface area contributed by atoms with E-state index in [9.17, 15) is 4.79 Å².